The maximum Gasteiger partial charge on any atom is 0.427 e. The van der Waals surface area contributed by atoms with Crippen molar-refractivity contribution < 1.29 is 22.7 Å². The number of ether oxygens (including phenoxy) is 1. The SMILES string of the molecule is CC(=O)N(NC(=O)OC(C)(C)C)S(N)(=O)=O. The van der Waals surface area contributed by atoms with Crippen molar-refractivity contribution in [2.45, 2.75) is 33.3 Å². The Labute approximate surface area is 93.9 Å². The van der Waals surface area contributed by atoms with Crippen LogP contribution < -0.4 is 10.6 Å². The van der Waals surface area contributed by atoms with Crippen LogP contribution in [0.4, 0.5) is 4.79 Å². The quantitative estimate of drug-likeness (QED) is 0.609. The molecule has 9 heteroatoms. The van der Waals surface area contributed by atoms with E-state index >= 15 is 0 Å². The van der Waals surface area contributed by atoms with Gasteiger partial charge in [0.15, 0.2) is 0 Å². The number of nitrogens with zero attached hydrogens (tertiary/aromatic N) is 1. The molecular weight excluding hydrogens is 238 g/mol. The van der Waals surface area contributed by atoms with Crippen LogP contribution in [0.2, 0.25) is 0 Å². The van der Waals surface area contributed by atoms with Gasteiger partial charge in [-0.2, -0.15) is 8.42 Å². The fourth-order valence-corrected chi connectivity index (χ4v) is 1.27. The molecule has 0 saturated carbocycles. The van der Waals surface area contributed by atoms with Crippen LogP contribution in [0.15, 0.2) is 0 Å². The number of nitrogens with one attached hydrogen (secondary N) is 1. The van der Waals surface area contributed by atoms with Gasteiger partial charge in [-0.1, -0.05) is 0 Å². The highest BCUT2D eigenvalue weighted by Crippen LogP contribution is 2.06. The number of nitrogens with two attached hydrogens (primary N) is 1. The number of amides is 2. The van der Waals surface area contributed by atoms with Crippen LogP contribution in [0.5, 0.6) is 0 Å². The van der Waals surface area contributed by atoms with Gasteiger partial charge in [-0.25, -0.2) is 15.4 Å². The number of carbonyl (C=O) groups excluding carboxylic acids is 2. The van der Waals surface area contributed by atoms with Crippen molar-refractivity contribution in [2.24, 2.45) is 5.14 Å². The third-order valence-electron chi connectivity index (χ3n) is 1.13. The molecular formula is C7H15N3O5S. The summed E-state index contributed by atoms with van der Waals surface area (Å²) in [4.78, 5) is 22.1. The van der Waals surface area contributed by atoms with Crippen molar-refractivity contribution in [3.05, 3.63) is 0 Å². The molecule has 94 valence electrons. The smallest absolute Gasteiger partial charge is 0.427 e. The second-order valence-corrected chi connectivity index (χ2v) is 5.34. The number of hydrazine groups is 1. The van der Waals surface area contributed by atoms with Gasteiger partial charge in [0.1, 0.15) is 5.60 Å². The topological polar surface area (TPSA) is 119 Å². The van der Waals surface area contributed by atoms with Gasteiger partial charge in [-0.3, -0.25) is 4.79 Å². The van der Waals surface area contributed by atoms with Crippen LogP contribution in [0.1, 0.15) is 27.7 Å². The van der Waals surface area contributed by atoms with E-state index < -0.39 is 27.8 Å². The molecule has 8 nitrogen and oxygen atoms in total. The van der Waals surface area contributed by atoms with Crippen LogP contribution in [0, 0.1) is 0 Å². The molecule has 0 unspecified atom stereocenters. The van der Waals surface area contributed by atoms with Gasteiger partial charge in [-0.05, 0) is 20.8 Å². The predicted molar refractivity (Wildman–Crippen MR) is 55.0 cm³/mol. The van der Waals surface area contributed by atoms with Gasteiger partial charge >= 0.3 is 16.3 Å². The lowest BCUT2D eigenvalue weighted by Gasteiger charge is -2.23. The molecule has 0 aromatic carbocycles. The van der Waals surface area contributed by atoms with Crippen LogP contribution in [-0.2, 0) is 19.7 Å². The highest BCUT2D eigenvalue weighted by molar-refractivity contribution is 7.87. The van der Waals surface area contributed by atoms with E-state index in [0.29, 0.717) is 0 Å². The highest BCUT2D eigenvalue weighted by atomic mass is 32.2. The summed E-state index contributed by atoms with van der Waals surface area (Å²) >= 11 is 0. The number of hydrogen-bond donors (Lipinski definition) is 2. The Balaban J connectivity index is 4.69. The van der Waals surface area contributed by atoms with Crippen LogP contribution in [-0.4, -0.2) is 30.4 Å². The van der Waals surface area contributed by atoms with E-state index in [2.05, 4.69) is 0 Å². The van der Waals surface area contributed by atoms with Gasteiger partial charge in [-0.15, -0.1) is 4.41 Å². The van der Waals surface area contributed by atoms with Crippen LogP contribution >= 0.6 is 0 Å². The maximum atomic E-state index is 11.2. The lowest BCUT2D eigenvalue weighted by molar-refractivity contribution is -0.126. The Morgan fingerprint density at radius 3 is 2.00 bits per heavy atom. The largest absolute Gasteiger partial charge is 0.443 e. The second kappa shape index (κ2) is 4.66. The Kier molecular flexibility index (Phi) is 4.27. The zero-order valence-electron chi connectivity index (χ0n) is 9.47. The molecule has 0 bridgehead atoms. The molecule has 0 fully saturated rings. The highest BCUT2D eigenvalue weighted by Gasteiger charge is 2.25. The lowest BCUT2D eigenvalue weighted by atomic mass is 10.2. The molecule has 3 N–H and O–H groups in total. The van der Waals surface area contributed by atoms with Crippen molar-refractivity contribution in [2.75, 3.05) is 0 Å². The first-order chi connectivity index (χ1) is 6.93. The van der Waals surface area contributed by atoms with E-state index in [9.17, 15) is 18.0 Å². The van der Waals surface area contributed by atoms with Crippen molar-refractivity contribution >= 4 is 22.2 Å². The average molecular weight is 253 g/mol. The summed E-state index contributed by atoms with van der Waals surface area (Å²) in [6, 6.07) is 0. The monoisotopic (exact) mass is 253 g/mol. The van der Waals surface area contributed by atoms with Crippen LogP contribution in [0.25, 0.3) is 0 Å². The zero-order chi connectivity index (χ0) is 13.1. The first-order valence-corrected chi connectivity index (χ1v) is 5.77. The van der Waals surface area contributed by atoms with E-state index in [0.717, 1.165) is 6.92 Å². The molecule has 0 atom stereocenters. The Hall–Kier alpha value is -1.35. The summed E-state index contributed by atoms with van der Waals surface area (Å²) in [6.07, 6.45) is -1.09. The molecule has 0 rings (SSSR count). The van der Waals surface area contributed by atoms with Gasteiger partial charge in [0.25, 0.3) is 5.91 Å². The minimum absolute atomic E-state index is 0.00106. The summed E-state index contributed by atoms with van der Waals surface area (Å²) < 4.78 is 26.5. The summed E-state index contributed by atoms with van der Waals surface area (Å²) in [6.45, 7) is 5.69. The number of hydrogen-bond acceptors (Lipinski definition) is 5. The first-order valence-electron chi connectivity index (χ1n) is 4.27. The van der Waals surface area contributed by atoms with E-state index in [1.807, 2.05) is 0 Å². The first kappa shape index (κ1) is 14.6. The number of rotatable bonds is 1. The Morgan fingerprint density at radius 1 is 1.31 bits per heavy atom. The molecule has 2 amide bonds. The van der Waals surface area contributed by atoms with Crippen LogP contribution in [0.3, 0.4) is 0 Å². The second-order valence-electron chi connectivity index (χ2n) is 3.94. The Morgan fingerprint density at radius 2 is 1.75 bits per heavy atom. The van der Waals surface area contributed by atoms with E-state index in [-0.39, 0.29) is 4.41 Å². The maximum absolute atomic E-state index is 11.2. The van der Waals surface area contributed by atoms with Crippen molar-refractivity contribution in [1.29, 1.82) is 0 Å². The molecule has 0 aliphatic carbocycles. The summed E-state index contributed by atoms with van der Waals surface area (Å²) in [5.74, 6) is -0.951. The van der Waals surface area contributed by atoms with Gasteiger partial charge in [0, 0.05) is 6.92 Å². The molecule has 0 saturated heterocycles. The molecule has 0 aliphatic heterocycles. The fraction of sp³-hybridized carbons (Fsp3) is 0.714. The predicted octanol–water partition coefficient (Wildman–Crippen LogP) is -0.522. The normalized spacial score (nSPS) is 11.8. The Bertz CT molecular complexity index is 383. The molecule has 0 aromatic rings. The van der Waals surface area contributed by atoms with Gasteiger partial charge in [0.05, 0.1) is 0 Å². The third kappa shape index (κ3) is 5.51. The lowest BCUT2D eigenvalue weighted by Crippen LogP contribution is -2.52. The van der Waals surface area contributed by atoms with Crippen molar-refractivity contribution in [3.8, 4) is 0 Å². The van der Waals surface area contributed by atoms with Gasteiger partial charge < -0.3 is 4.74 Å². The average Bonchev–Trinajstić information content (AvgIpc) is 1.93. The van der Waals surface area contributed by atoms with Crippen molar-refractivity contribution in [1.82, 2.24) is 9.84 Å². The summed E-state index contributed by atoms with van der Waals surface area (Å²) in [5, 5.41) is 4.70. The fourth-order valence-electron chi connectivity index (χ4n) is 0.705. The molecule has 16 heavy (non-hydrogen) atoms. The zero-order valence-corrected chi connectivity index (χ0v) is 10.3. The molecule has 0 heterocycles. The van der Waals surface area contributed by atoms with Crippen molar-refractivity contribution in [3.63, 3.8) is 0 Å². The molecule has 0 radical (unpaired) electrons. The van der Waals surface area contributed by atoms with E-state index in [4.69, 9.17) is 9.88 Å². The third-order valence-corrected chi connectivity index (χ3v) is 1.99. The van der Waals surface area contributed by atoms with Gasteiger partial charge in [0.2, 0.25) is 0 Å². The molecule has 0 spiro atoms. The summed E-state index contributed by atoms with van der Waals surface area (Å²) in [5.41, 5.74) is 0.908. The van der Waals surface area contributed by atoms with E-state index in [1.165, 1.54) is 0 Å². The number of carbonyl (C=O) groups is 2. The minimum atomic E-state index is -4.34. The standard InChI is InChI=1S/C7H15N3O5S/c1-5(11)10(16(8,13)14)9-6(12)15-7(2,3)4/h1-4H3,(H,9,12)(H2,8,13,14). The minimum Gasteiger partial charge on any atom is -0.443 e. The molecule has 0 aliphatic rings. The summed E-state index contributed by atoms with van der Waals surface area (Å²) in [7, 11) is -4.34. The van der Waals surface area contributed by atoms with E-state index in [1.54, 1.807) is 26.2 Å². The molecule has 0 aromatic heterocycles.